The van der Waals surface area contributed by atoms with Gasteiger partial charge in [-0.3, -0.25) is 4.79 Å². The van der Waals surface area contributed by atoms with Gasteiger partial charge in [0.25, 0.3) is 0 Å². The van der Waals surface area contributed by atoms with Gasteiger partial charge in [-0.1, -0.05) is 34.6 Å². The Labute approximate surface area is 128 Å². The van der Waals surface area contributed by atoms with Gasteiger partial charge in [0, 0.05) is 0 Å². The topological polar surface area (TPSA) is 26.3 Å². The molecule has 2 unspecified atom stereocenters. The van der Waals surface area contributed by atoms with E-state index in [4.69, 9.17) is 4.74 Å². The minimum Gasteiger partial charge on any atom is -0.465 e. The molecule has 0 aliphatic rings. The molecule has 0 aromatic rings. The molecule has 0 radical (unpaired) electrons. The summed E-state index contributed by atoms with van der Waals surface area (Å²) in [6.45, 7) is 10.6. The Balaban J connectivity index is 4.10. The normalized spacial score (nSPS) is 14.6. The molecule has 0 bridgehead atoms. The summed E-state index contributed by atoms with van der Waals surface area (Å²) in [6.07, 6.45) is 2.13. The van der Waals surface area contributed by atoms with Gasteiger partial charge >= 0.3 is 5.97 Å². The van der Waals surface area contributed by atoms with Crippen LogP contribution in [-0.4, -0.2) is 29.8 Å². The Bertz CT molecular complexity index is 257. The summed E-state index contributed by atoms with van der Waals surface area (Å²) in [5, 5.41) is -0.103. The minimum absolute atomic E-state index is 0.103. The minimum atomic E-state index is -0.702. The molecule has 0 heterocycles. The third kappa shape index (κ3) is 10.5. The van der Waals surface area contributed by atoms with Gasteiger partial charge in [-0.25, -0.2) is 4.39 Å². The molecule has 0 aliphatic carbocycles. The molecule has 0 spiro atoms. The summed E-state index contributed by atoms with van der Waals surface area (Å²) < 4.78 is 18.5. The van der Waals surface area contributed by atoms with E-state index in [1.807, 2.05) is 20.8 Å². The molecule has 120 valence electrons. The van der Waals surface area contributed by atoms with Crippen LogP contribution < -0.4 is 0 Å². The predicted molar refractivity (Wildman–Crippen MR) is 85.9 cm³/mol. The van der Waals surface area contributed by atoms with Gasteiger partial charge < -0.3 is 4.74 Å². The van der Waals surface area contributed by atoms with Crippen LogP contribution in [0.5, 0.6) is 0 Å². The molecule has 0 amide bonds. The smallest absolute Gasteiger partial charge is 0.319 e. The maximum atomic E-state index is 13.1. The lowest BCUT2D eigenvalue weighted by Crippen LogP contribution is -2.24. The van der Waals surface area contributed by atoms with Crippen molar-refractivity contribution in [3.8, 4) is 0 Å². The Kier molecular flexibility index (Phi) is 11.3. The molecule has 0 aliphatic heterocycles. The number of rotatable bonds is 11. The molecule has 0 aromatic carbocycles. The second-order valence-electron chi connectivity index (χ2n) is 6.16. The highest BCUT2D eigenvalue weighted by molar-refractivity contribution is 8.00. The SMILES string of the molecule is CCC(F)CCCSC(CC(C)C)C(=O)OCC(C)C. The molecule has 4 heteroatoms. The van der Waals surface area contributed by atoms with Crippen molar-refractivity contribution in [1.82, 2.24) is 0 Å². The second kappa shape index (κ2) is 11.4. The Morgan fingerprint density at radius 3 is 2.35 bits per heavy atom. The van der Waals surface area contributed by atoms with Crippen LogP contribution in [0.25, 0.3) is 0 Å². The maximum Gasteiger partial charge on any atom is 0.319 e. The van der Waals surface area contributed by atoms with Crippen molar-refractivity contribution in [2.24, 2.45) is 11.8 Å². The van der Waals surface area contributed by atoms with E-state index in [2.05, 4.69) is 13.8 Å². The summed E-state index contributed by atoms with van der Waals surface area (Å²) in [5.41, 5.74) is 0. The number of hydrogen-bond acceptors (Lipinski definition) is 3. The van der Waals surface area contributed by atoms with E-state index in [-0.39, 0.29) is 11.2 Å². The van der Waals surface area contributed by atoms with Crippen molar-refractivity contribution < 1.29 is 13.9 Å². The van der Waals surface area contributed by atoms with Crippen LogP contribution >= 0.6 is 11.8 Å². The second-order valence-corrected chi connectivity index (χ2v) is 7.47. The van der Waals surface area contributed by atoms with Crippen molar-refractivity contribution in [2.45, 2.75) is 71.7 Å². The first-order valence-electron chi connectivity index (χ1n) is 7.79. The first kappa shape index (κ1) is 19.8. The fourth-order valence-corrected chi connectivity index (χ4v) is 3.08. The van der Waals surface area contributed by atoms with Crippen molar-refractivity contribution in [3.05, 3.63) is 0 Å². The average Bonchev–Trinajstić information content (AvgIpc) is 2.38. The number of halogens is 1. The van der Waals surface area contributed by atoms with E-state index in [1.165, 1.54) is 0 Å². The molecular formula is C16H31FO2S. The monoisotopic (exact) mass is 306 g/mol. The van der Waals surface area contributed by atoms with Gasteiger partial charge in [-0.05, 0) is 43.3 Å². The fraction of sp³-hybridized carbons (Fsp3) is 0.938. The van der Waals surface area contributed by atoms with Gasteiger partial charge in [0.1, 0.15) is 5.25 Å². The van der Waals surface area contributed by atoms with Crippen LogP contribution in [-0.2, 0) is 9.53 Å². The van der Waals surface area contributed by atoms with Gasteiger partial charge in [0.2, 0.25) is 0 Å². The number of ether oxygens (including phenoxy) is 1. The molecular weight excluding hydrogens is 275 g/mol. The third-order valence-electron chi connectivity index (χ3n) is 2.93. The molecule has 0 saturated carbocycles. The number of carbonyl (C=O) groups excluding carboxylic acids is 1. The lowest BCUT2D eigenvalue weighted by Gasteiger charge is -2.18. The predicted octanol–water partition coefficient (Wildman–Crippen LogP) is 4.86. The zero-order chi connectivity index (χ0) is 15.5. The van der Waals surface area contributed by atoms with Crippen LogP contribution in [0.1, 0.15) is 60.3 Å². The van der Waals surface area contributed by atoms with Crippen molar-refractivity contribution in [1.29, 1.82) is 0 Å². The zero-order valence-electron chi connectivity index (χ0n) is 13.7. The first-order chi connectivity index (χ1) is 9.36. The van der Waals surface area contributed by atoms with Crippen LogP contribution in [0.3, 0.4) is 0 Å². The number of esters is 1. The summed E-state index contributed by atoms with van der Waals surface area (Å²) in [6, 6.07) is 0. The summed E-state index contributed by atoms with van der Waals surface area (Å²) in [5.74, 6) is 1.54. The van der Waals surface area contributed by atoms with Crippen molar-refractivity contribution in [2.75, 3.05) is 12.4 Å². The van der Waals surface area contributed by atoms with Crippen molar-refractivity contribution in [3.63, 3.8) is 0 Å². The standard InChI is InChI=1S/C16H31FO2S/c1-6-14(17)8-7-9-20-15(10-12(2)3)16(18)19-11-13(4)5/h12-15H,6-11H2,1-5H3. The highest BCUT2D eigenvalue weighted by Gasteiger charge is 2.22. The molecule has 0 N–H and O–H groups in total. The van der Waals surface area contributed by atoms with E-state index in [1.54, 1.807) is 11.8 Å². The highest BCUT2D eigenvalue weighted by Crippen LogP contribution is 2.23. The number of hydrogen-bond donors (Lipinski definition) is 0. The third-order valence-corrected chi connectivity index (χ3v) is 4.24. The Hall–Kier alpha value is -0.250. The summed E-state index contributed by atoms with van der Waals surface area (Å²) >= 11 is 1.62. The molecule has 0 aromatic heterocycles. The van der Waals surface area contributed by atoms with Crippen LogP contribution in [0, 0.1) is 11.8 Å². The lowest BCUT2D eigenvalue weighted by atomic mass is 10.1. The molecule has 0 rings (SSSR count). The van der Waals surface area contributed by atoms with E-state index < -0.39 is 6.17 Å². The van der Waals surface area contributed by atoms with Crippen LogP contribution in [0.15, 0.2) is 0 Å². The van der Waals surface area contributed by atoms with E-state index >= 15 is 0 Å². The average molecular weight is 306 g/mol. The molecule has 2 nitrogen and oxygen atoms in total. The molecule has 0 saturated heterocycles. The fourth-order valence-electron chi connectivity index (χ4n) is 1.74. The Morgan fingerprint density at radius 1 is 1.20 bits per heavy atom. The van der Waals surface area contributed by atoms with Gasteiger partial charge in [-0.2, -0.15) is 0 Å². The Morgan fingerprint density at radius 2 is 1.85 bits per heavy atom. The quantitative estimate of drug-likeness (QED) is 0.403. The van der Waals surface area contributed by atoms with Gasteiger partial charge in [-0.15, -0.1) is 11.8 Å². The molecule has 0 fully saturated rings. The zero-order valence-corrected chi connectivity index (χ0v) is 14.5. The largest absolute Gasteiger partial charge is 0.465 e. The highest BCUT2D eigenvalue weighted by atomic mass is 32.2. The number of thioether (sulfide) groups is 1. The molecule has 2 atom stereocenters. The van der Waals surface area contributed by atoms with E-state index in [9.17, 15) is 9.18 Å². The van der Waals surface area contributed by atoms with Crippen LogP contribution in [0.4, 0.5) is 4.39 Å². The van der Waals surface area contributed by atoms with E-state index in [0.29, 0.717) is 31.3 Å². The van der Waals surface area contributed by atoms with Gasteiger partial charge in [0.15, 0.2) is 0 Å². The van der Waals surface area contributed by atoms with Gasteiger partial charge in [0.05, 0.1) is 12.8 Å². The summed E-state index contributed by atoms with van der Waals surface area (Å²) in [7, 11) is 0. The van der Waals surface area contributed by atoms with Crippen LogP contribution in [0.2, 0.25) is 0 Å². The number of carbonyl (C=O) groups is 1. The maximum absolute atomic E-state index is 13.1. The first-order valence-corrected chi connectivity index (χ1v) is 8.83. The lowest BCUT2D eigenvalue weighted by molar-refractivity contribution is -0.144. The molecule has 20 heavy (non-hydrogen) atoms. The number of alkyl halides is 1. The van der Waals surface area contributed by atoms with Crippen molar-refractivity contribution >= 4 is 17.7 Å². The summed E-state index contributed by atoms with van der Waals surface area (Å²) in [4.78, 5) is 12.1. The van der Waals surface area contributed by atoms with E-state index in [0.717, 1.165) is 18.6 Å².